The number of aryl methyl sites for hydroxylation is 1. The van der Waals surface area contributed by atoms with E-state index < -0.39 is 23.3 Å². The SMILES string of the molecule is Cc1cccc(NC(=O)COc2ccc3c(C(F)(F)F)cc(=O)oc3c2)c1C. The molecule has 8 heteroatoms. The number of carbonyl (C=O) groups is 1. The molecule has 0 fully saturated rings. The molecule has 3 rings (SSSR count). The van der Waals surface area contributed by atoms with Crippen LogP contribution in [0.2, 0.25) is 0 Å². The lowest BCUT2D eigenvalue weighted by atomic mass is 10.1. The van der Waals surface area contributed by atoms with Crippen molar-refractivity contribution in [3.05, 3.63) is 69.6 Å². The number of alkyl halides is 3. The number of hydrogen-bond acceptors (Lipinski definition) is 4. The van der Waals surface area contributed by atoms with Crippen molar-refractivity contribution < 1.29 is 27.1 Å². The van der Waals surface area contributed by atoms with E-state index in [0.717, 1.165) is 23.3 Å². The lowest BCUT2D eigenvalue weighted by Crippen LogP contribution is -2.20. The number of amides is 1. The van der Waals surface area contributed by atoms with Crippen molar-refractivity contribution in [3.8, 4) is 5.75 Å². The van der Waals surface area contributed by atoms with Gasteiger partial charge in [0.25, 0.3) is 5.91 Å². The van der Waals surface area contributed by atoms with Crippen LogP contribution in [0.1, 0.15) is 16.7 Å². The number of fused-ring (bicyclic) bond motifs is 1. The van der Waals surface area contributed by atoms with Crippen molar-refractivity contribution in [1.82, 2.24) is 0 Å². The highest BCUT2D eigenvalue weighted by atomic mass is 19.4. The molecule has 0 bridgehead atoms. The quantitative estimate of drug-likeness (QED) is 0.668. The van der Waals surface area contributed by atoms with Gasteiger partial charge in [-0.1, -0.05) is 12.1 Å². The van der Waals surface area contributed by atoms with Gasteiger partial charge in [0, 0.05) is 23.2 Å². The molecule has 0 spiro atoms. The Morgan fingerprint density at radius 3 is 2.61 bits per heavy atom. The summed E-state index contributed by atoms with van der Waals surface area (Å²) in [5, 5.41) is 2.45. The number of anilines is 1. The minimum absolute atomic E-state index is 0.103. The molecular formula is C20H16F3NO4. The van der Waals surface area contributed by atoms with Gasteiger partial charge in [0.1, 0.15) is 11.3 Å². The van der Waals surface area contributed by atoms with E-state index in [4.69, 9.17) is 9.15 Å². The van der Waals surface area contributed by atoms with Crippen molar-refractivity contribution in [2.75, 3.05) is 11.9 Å². The first-order valence-corrected chi connectivity index (χ1v) is 8.29. The molecule has 0 atom stereocenters. The fourth-order valence-electron chi connectivity index (χ4n) is 2.69. The summed E-state index contributed by atoms with van der Waals surface area (Å²) in [7, 11) is 0. The molecule has 1 amide bonds. The summed E-state index contributed by atoms with van der Waals surface area (Å²) >= 11 is 0. The third kappa shape index (κ3) is 4.16. The normalized spacial score (nSPS) is 11.5. The zero-order valence-electron chi connectivity index (χ0n) is 15.0. The van der Waals surface area contributed by atoms with E-state index in [-0.39, 0.29) is 23.3 Å². The van der Waals surface area contributed by atoms with Crippen molar-refractivity contribution in [2.24, 2.45) is 0 Å². The lowest BCUT2D eigenvalue weighted by molar-refractivity contribution is -0.136. The molecule has 0 radical (unpaired) electrons. The Hall–Kier alpha value is -3.29. The summed E-state index contributed by atoms with van der Waals surface area (Å²) < 4.78 is 49.3. The second kappa shape index (κ2) is 7.38. The van der Waals surface area contributed by atoms with Crippen LogP contribution in [0.15, 0.2) is 51.7 Å². The molecule has 0 saturated heterocycles. The second-order valence-corrected chi connectivity index (χ2v) is 6.22. The van der Waals surface area contributed by atoms with E-state index in [0.29, 0.717) is 11.8 Å². The maximum atomic E-state index is 13.1. The third-order valence-corrected chi connectivity index (χ3v) is 4.27. The molecule has 0 aliphatic carbocycles. The molecule has 0 saturated carbocycles. The number of carbonyl (C=O) groups excluding carboxylic acids is 1. The van der Waals surface area contributed by atoms with Crippen molar-refractivity contribution in [3.63, 3.8) is 0 Å². The van der Waals surface area contributed by atoms with E-state index >= 15 is 0 Å². The summed E-state index contributed by atoms with van der Waals surface area (Å²) in [6, 6.07) is 9.45. The molecule has 28 heavy (non-hydrogen) atoms. The molecule has 1 heterocycles. The predicted octanol–water partition coefficient (Wildman–Crippen LogP) is 4.45. The largest absolute Gasteiger partial charge is 0.484 e. The summed E-state index contributed by atoms with van der Waals surface area (Å²) in [6.45, 7) is 3.43. The minimum atomic E-state index is -4.69. The average molecular weight is 391 g/mol. The van der Waals surface area contributed by atoms with Crippen LogP contribution in [0.25, 0.3) is 11.0 Å². The van der Waals surface area contributed by atoms with E-state index in [9.17, 15) is 22.8 Å². The first-order chi connectivity index (χ1) is 13.1. The molecule has 146 valence electrons. The van der Waals surface area contributed by atoms with Crippen LogP contribution in [0, 0.1) is 13.8 Å². The number of rotatable bonds is 4. The number of benzene rings is 2. The third-order valence-electron chi connectivity index (χ3n) is 4.27. The first-order valence-electron chi connectivity index (χ1n) is 8.29. The van der Waals surface area contributed by atoms with Crippen LogP contribution >= 0.6 is 0 Å². The summed E-state index contributed by atoms with van der Waals surface area (Å²) in [5.41, 5.74) is 0.106. The van der Waals surface area contributed by atoms with Crippen LogP contribution in [0.5, 0.6) is 5.75 Å². The maximum absolute atomic E-state index is 13.1. The van der Waals surface area contributed by atoms with E-state index in [2.05, 4.69) is 5.32 Å². The van der Waals surface area contributed by atoms with Crippen LogP contribution < -0.4 is 15.7 Å². The fraction of sp³-hybridized carbons (Fsp3) is 0.200. The monoisotopic (exact) mass is 391 g/mol. The molecule has 1 N–H and O–H groups in total. The van der Waals surface area contributed by atoms with Gasteiger partial charge in [-0.05, 0) is 43.2 Å². The summed E-state index contributed by atoms with van der Waals surface area (Å²) in [6.07, 6.45) is -4.69. The Balaban J connectivity index is 1.77. The second-order valence-electron chi connectivity index (χ2n) is 6.22. The van der Waals surface area contributed by atoms with Crippen molar-refractivity contribution in [2.45, 2.75) is 20.0 Å². The highest BCUT2D eigenvalue weighted by Gasteiger charge is 2.33. The van der Waals surface area contributed by atoms with Gasteiger partial charge in [-0.2, -0.15) is 13.2 Å². The first kappa shape index (κ1) is 19.5. The highest BCUT2D eigenvalue weighted by Crippen LogP contribution is 2.34. The Morgan fingerprint density at radius 2 is 1.89 bits per heavy atom. The van der Waals surface area contributed by atoms with Crippen molar-refractivity contribution in [1.29, 1.82) is 0 Å². The molecule has 0 aliphatic heterocycles. The molecule has 2 aromatic carbocycles. The van der Waals surface area contributed by atoms with Crippen LogP contribution in [-0.2, 0) is 11.0 Å². The lowest BCUT2D eigenvalue weighted by Gasteiger charge is -2.12. The Kier molecular flexibility index (Phi) is 5.13. The smallest absolute Gasteiger partial charge is 0.417 e. The van der Waals surface area contributed by atoms with Gasteiger partial charge in [0.2, 0.25) is 0 Å². The molecular weight excluding hydrogens is 375 g/mol. The Bertz CT molecular complexity index is 1100. The number of ether oxygens (including phenoxy) is 1. The predicted molar refractivity (Wildman–Crippen MR) is 97.5 cm³/mol. The highest BCUT2D eigenvalue weighted by molar-refractivity contribution is 5.92. The van der Waals surface area contributed by atoms with Crippen LogP contribution in [0.3, 0.4) is 0 Å². The van der Waals surface area contributed by atoms with Crippen LogP contribution in [0.4, 0.5) is 18.9 Å². The van der Waals surface area contributed by atoms with Crippen molar-refractivity contribution >= 4 is 22.6 Å². The molecule has 3 aromatic rings. The standard InChI is InChI=1S/C20H16F3NO4/c1-11-4-3-5-16(12(11)2)24-18(25)10-27-13-6-7-14-15(20(21,22)23)9-19(26)28-17(14)8-13/h3-9H,10H2,1-2H3,(H,24,25). The Morgan fingerprint density at radius 1 is 1.14 bits per heavy atom. The van der Waals surface area contributed by atoms with Gasteiger partial charge in [0.05, 0.1) is 5.56 Å². The van der Waals surface area contributed by atoms with Gasteiger partial charge in [-0.25, -0.2) is 4.79 Å². The zero-order valence-corrected chi connectivity index (χ0v) is 15.0. The minimum Gasteiger partial charge on any atom is -0.484 e. The van der Waals surface area contributed by atoms with Crippen LogP contribution in [-0.4, -0.2) is 12.5 Å². The van der Waals surface area contributed by atoms with Gasteiger partial charge in [-0.15, -0.1) is 0 Å². The zero-order chi connectivity index (χ0) is 20.5. The van der Waals surface area contributed by atoms with E-state index in [1.807, 2.05) is 26.0 Å². The number of halogens is 3. The van der Waals surface area contributed by atoms with Gasteiger partial charge < -0.3 is 14.5 Å². The number of nitrogens with one attached hydrogen (secondary N) is 1. The topological polar surface area (TPSA) is 68.5 Å². The van der Waals surface area contributed by atoms with Gasteiger partial charge in [-0.3, -0.25) is 4.79 Å². The summed E-state index contributed by atoms with van der Waals surface area (Å²) in [4.78, 5) is 23.5. The molecule has 1 aromatic heterocycles. The maximum Gasteiger partial charge on any atom is 0.417 e. The van der Waals surface area contributed by atoms with E-state index in [1.165, 1.54) is 6.07 Å². The molecule has 0 aliphatic rings. The average Bonchev–Trinajstić information content (AvgIpc) is 2.62. The fourth-order valence-corrected chi connectivity index (χ4v) is 2.69. The summed E-state index contributed by atoms with van der Waals surface area (Å²) in [5.74, 6) is -0.328. The van der Waals surface area contributed by atoms with E-state index in [1.54, 1.807) is 6.07 Å². The van der Waals surface area contributed by atoms with Gasteiger partial charge >= 0.3 is 11.8 Å². The number of hydrogen-bond donors (Lipinski definition) is 1. The Labute approximate surface area is 157 Å². The molecule has 0 unspecified atom stereocenters. The molecule has 5 nitrogen and oxygen atoms in total. The van der Waals surface area contributed by atoms with Gasteiger partial charge in [0.15, 0.2) is 6.61 Å².